The summed E-state index contributed by atoms with van der Waals surface area (Å²) in [6.07, 6.45) is 0.235. The van der Waals surface area contributed by atoms with Crippen LogP contribution in [0.2, 0.25) is 0 Å². The molecule has 0 bridgehead atoms. The molecular formula is C11H13O2. The smallest absolute Gasteiger partial charge is 0.104 e. The third kappa shape index (κ3) is 2.54. The van der Waals surface area contributed by atoms with Gasteiger partial charge in [0.05, 0.1) is 19.3 Å². The lowest BCUT2D eigenvalue weighted by Crippen LogP contribution is -2.06. The highest BCUT2D eigenvalue weighted by Crippen LogP contribution is 2.18. The zero-order valence-corrected chi connectivity index (χ0v) is 7.48. The second kappa shape index (κ2) is 3.90. The molecule has 1 aliphatic heterocycles. The third-order valence-corrected chi connectivity index (χ3v) is 2.06. The normalized spacial score (nSPS) is 22.7. The van der Waals surface area contributed by atoms with Gasteiger partial charge in [-0.15, -0.1) is 0 Å². The van der Waals surface area contributed by atoms with Gasteiger partial charge in [0.15, 0.2) is 0 Å². The maximum atomic E-state index is 5.52. The topological polar surface area (TPSA) is 21.8 Å². The fraction of sp³-hybridized carbons (Fsp3) is 0.364. The first-order valence-corrected chi connectivity index (χ1v) is 4.47. The molecule has 0 spiro atoms. The standard InChI is InChI=1S/C11H13O2/c1-9(12-7-11-8-13-11)10-5-3-2-4-6-10/h2-6,9,11H,1,7-8H2. The second-order valence-corrected chi connectivity index (χ2v) is 3.19. The fourth-order valence-electron chi connectivity index (χ4n) is 1.15. The summed E-state index contributed by atoms with van der Waals surface area (Å²) < 4.78 is 10.6. The van der Waals surface area contributed by atoms with Crippen molar-refractivity contribution in [2.45, 2.75) is 12.2 Å². The number of epoxide rings is 1. The van der Waals surface area contributed by atoms with Crippen LogP contribution in [-0.2, 0) is 9.47 Å². The quantitative estimate of drug-likeness (QED) is 0.656. The zero-order chi connectivity index (χ0) is 9.10. The molecule has 1 saturated heterocycles. The maximum absolute atomic E-state index is 5.52. The lowest BCUT2D eigenvalue weighted by atomic mass is 10.1. The maximum Gasteiger partial charge on any atom is 0.104 e. The molecule has 0 aliphatic carbocycles. The van der Waals surface area contributed by atoms with E-state index in [2.05, 4.69) is 6.92 Å². The lowest BCUT2D eigenvalue weighted by molar-refractivity contribution is 0.0702. The molecule has 2 rings (SSSR count). The number of rotatable bonds is 4. The van der Waals surface area contributed by atoms with Gasteiger partial charge >= 0.3 is 0 Å². The summed E-state index contributed by atoms with van der Waals surface area (Å²) in [5, 5.41) is 0. The Bertz CT molecular complexity index is 254. The molecule has 1 aromatic carbocycles. The van der Waals surface area contributed by atoms with Gasteiger partial charge in [0.1, 0.15) is 6.10 Å². The van der Waals surface area contributed by atoms with Crippen LogP contribution in [0.3, 0.4) is 0 Å². The highest BCUT2D eigenvalue weighted by atomic mass is 16.6. The molecular weight excluding hydrogens is 164 g/mol. The molecule has 2 heteroatoms. The molecule has 1 aromatic rings. The largest absolute Gasteiger partial charge is 0.371 e. The molecule has 2 atom stereocenters. The van der Waals surface area contributed by atoms with E-state index in [1.54, 1.807) is 0 Å². The molecule has 0 aromatic heterocycles. The Hall–Kier alpha value is -0.860. The molecule has 69 valence electrons. The van der Waals surface area contributed by atoms with Gasteiger partial charge in [-0.2, -0.15) is 0 Å². The molecule has 1 heterocycles. The van der Waals surface area contributed by atoms with Gasteiger partial charge in [-0.25, -0.2) is 0 Å². The van der Waals surface area contributed by atoms with E-state index in [0.717, 1.165) is 12.2 Å². The Labute approximate surface area is 78.5 Å². The van der Waals surface area contributed by atoms with Crippen LogP contribution in [0.4, 0.5) is 0 Å². The molecule has 2 nitrogen and oxygen atoms in total. The Balaban J connectivity index is 1.85. The minimum Gasteiger partial charge on any atom is -0.371 e. The number of ether oxygens (including phenoxy) is 2. The monoisotopic (exact) mass is 177 g/mol. The van der Waals surface area contributed by atoms with E-state index in [4.69, 9.17) is 9.47 Å². The van der Waals surface area contributed by atoms with Crippen molar-refractivity contribution in [3.8, 4) is 0 Å². The number of hydrogen-bond acceptors (Lipinski definition) is 2. The van der Waals surface area contributed by atoms with Crippen molar-refractivity contribution in [1.82, 2.24) is 0 Å². The molecule has 1 aliphatic rings. The van der Waals surface area contributed by atoms with Crippen LogP contribution >= 0.6 is 0 Å². The van der Waals surface area contributed by atoms with Crippen LogP contribution in [0.15, 0.2) is 30.3 Å². The van der Waals surface area contributed by atoms with Gasteiger partial charge < -0.3 is 9.47 Å². The average molecular weight is 177 g/mol. The molecule has 0 amide bonds. The Morgan fingerprint density at radius 1 is 1.46 bits per heavy atom. The van der Waals surface area contributed by atoms with E-state index in [1.165, 1.54) is 0 Å². The summed E-state index contributed by atoms with van der Waals surface area (Å²) in [5.74, 6) is 0. The lowest BCUT2D eigenvalue weighted by Gasteiger charge is -2.11. The first kappa shape index (κ1) is 8.73. The van der Waals surface area contributed by atoms with Gasteiger partial charge in [-0.05, 0) is 12.5 Å². The summed E-state index contributed by atoms with van der Waals surface area (Å²) in [4.78, 5) is 0. The highest BCUT2D eigenvalue weighted by molar-refractivity contribution is 5.18. The predicted molar refractivity (Wildman–Crippen MR) is 50.2 cm³/mol. The Morgan fingerprint density at radius 2 is 2.15 bits per heavy atom. The molecule has 1 fully saturated rings. The fourth-order valence-corrected chi connectivity index (χ4v) is 1.15. The first-order chi connectivity index (χ1) is 6.36. The summed E-state index contributed by atoms with van der Waals surface area (Å²) in [6, 6.07) is 10.0. The van der Waals surface area contributed by atoms with Crippen molar-refractivity contribution in [1.29, 1.82) is 0 Å². The highest BCUT2D eigenvalue weighted by Gasteiger charge is 2.23. The van der Waals surface area contributed by atoms with Gasteiger partial charge in [0.2, 0.25) is 0 Å². The van der Waals surface area contributed by atoms with Crippen molar-refractivity contribution in [2.75, 3.05) is 13.2 Å². The van der Waals surface area contributed by atoms with Gasteiger partial charge in [0.25, 0.3) is 0 Å². The van der Waals surface area contributed by atoms with Crippen LogP contribution in [0.25, 0.3) is 0 Å². The molecule has 1 radical (unpaired) electrons. The molecule has 13 heavy (non-hydrogen) atoms. The Kier molecular flexibility index (Phi) is 2.62. The van der Waals surface area contributed by atoms with Crippen LogP contribution < -0.4 is 0 Å². The van der Waals surface area contributed by atoms with Crippen molar-refractivity contribution < 1.29 is 9.47 Å². The second-order valence-electron chi connectivity index (χ2n) is 3.19. The third-order valence-electron chi connectivity index (χ3n) is 2.06. The number of hydrogen-bond donors (Lipinski definition) is 0. The average Bonchev–Trinajstić information content (AvgIpc) is 2.99. The van der Waals surface area contributed by atoms with E-state index in [9.17, 15) is 0 Å². The van der Waals surface area contributed by atoms with Gasteiger partial charge in [-0.1, -0.05) is 30.3 Å². The van der Waals surface area contributed by atoms with Crippen LogP contribution in [0.5, 0.6) is 0 Å². The summed E-state index contributed by atoms with van der Waals surface area (Å²) in [6.45, 7) is 5.42. The van der Waals surface area contributed by atoms with E-state index in [1.807, 2.05) is 30.3 Å². The van der Waals surface area contributed by atoms with Crippen LogP contribution in [-0.4, -0.2) is 19.3 Å². The molecule has 2 unspecified atom stereocenters. The van der Waals surface area contributed by atoms with Crippen LogP contribution in [0.1, 0.15) is 11.7 Å². The van der Waals surface area contributed by atoms with Gasteiger partial charge in [0, 0.05) is 0 Å². The number of benzene rings is 1. The molecule has 0 N–H and O–H groups in total. The van der Waals surface area contributed by atoms with Crippen molar-refractivity contribution in [3.63, 3.8) is 0 Å². The van der Waals surface area contributed by atoms with Crippen molar-refractivity contribution in [3.05, 3.63) is 42.8 Å². The van der Waals surface area contributed by atoms with Crippen molar-refractivity contribution >= 4 is 0 Å². The summed E-state index contributed by atoms with van der Waals surface area (Å²) in [5.41, 5.74) is 1.11. The van der Waals surface area contributed by atoms with E-state index >= 15 is 0 Å². The first-order valence-electron chi connectivity index (χ1n) is 4.47. The Morgan fingerprint density at radius 3 is 2.77 bits per heavy atom. The zero-order valence-electron chi connectivity index (χ0n) is 7.48. The predicted octanol–water partition coefficient (Wildman–Crippen LogP) is 1.98. The van der Waals surface area contributed by atoms with Crippen LogP contribution in [0, 0.1) is 6.92 Å². The van der Waals surface area contributed by atoms with Crippen molar-refractivity contribution in [2.24, 2.45) is 0 Å². The minimum absolute atomic E-state index is 0.0783. The SMILES string of the molecule is [CH2]C(OCC1CO1)c1ccccc1. The minimum atomic E-state index is -0.0783. The molecule has 0 saturated carbocycles. The summed E-state index contributed by atoms with van der Waals surface area (Å²) in [7, 11) is 0. The van der Waals surface area contributed by atoms with E-state index in [0.29, 0.717) is 12.7 Å². The van der Waals surface area contributed by atoms with Gasteiger partial charge in [-0.3, -0.25) is 0 Å². The summed E-state index contributed by atoms with van der Waals surface area (Å²) >= 11 is 0. The van der Waals surface area contributed by atoms with E-state index < -0.39 is 0 Å². The van der Waals surface area contributed by atoms with E-state index in [-0.39, 0.29) is 6.10 Å².